The van der Waals surface area contributed by atoms with Crippen LogP contribution in [0.4, 0.5) is 0 Å². The van der Waals surface area contributed by atoms with Crippen LogP contribution in [0.25, 0.3) is 11.4 Å². The van der Waals surface area contributed by atoms with E-state index in [0.29, 0.717) is 31.4 Å². The maximum Gasteiger partial charge on any atom is 0.241 e. The molecule has 8 heteroatoms. The molecule has 1 aromatic heterocycles. The molecule has 1 saturated heterocycles. The zero-order valence-electron chi connectivity index (χ0n) is 19.5. The van der Waals surface area contributed by atoms with Gasteiger partial charge in [0.25, 0.3) is 0 Å². The fraction of sp³-hybridized carbons (Fsp3) is 0.423. The monoisotopic (exact) mass is 526 g/mol. The van der Waals surface area contributed by atoms with Crippen LogP contribution in [0.5, 0.6) is 5.75 Å². The van der Waals surface area contributed by atoms with E-state index in [-0.39, 0.29) is 11.8 Å². The average Bonchev–Trinajstić information content (AvgIpc) is 3.32. The lowest BCUT2D eigenvalue weighted by molar-refractivity contribution is -0.126. The number of likely N-dealkylation sites (tertiary alicyclic amines) is 1. The standard InChI is InChI=1S/C26H31BrN4O3/c1-2-33-23-11-4-3-7-19(23)9-6-14-28-26(32)20-12-15-31(16-13-20)18-24-29-25(30-34-24)21-8-5-10-22(27)17-21/h3-5,7-8,10-11,17,20H,2,6,9,12-16,18H2,1H3,(H,28,32). The number of nitrogens with zero attached hydrogens (tertiary/aromatic N) is 3. The van der Waals surface area contributed by atoms with Crippen LogP contribution >= 0.6 is 15.9 Å². The van der Waals surface area contributed by atoms with Crippen LogP contribution in [0.2, 0.25) is 0 Å². The number of aryl methyl sites for hydroxylation is 1. The lowest BCUT2D eigenvalue weighted by atomic mass is 9.96. The molecule has 180 valence electrons. The van der Waals surface area contributed by atoms with Gasteiger partial charge in [-0.15, -0.1) is 0 Å². The van der Waals surface area contributed by atoms with E-state index in [9.17, 15) is 4.79 Å². The van der Waals surface area contributed by atoms with Crippen molar-refractivity contribution in [2.45, 2.75) is 39.2 Å². The van der Waals surface area contributed by atoms with Crippen molar-refractivity contribution in [3.63, 3.8) is 0 Å². The first kappa shape index (κ1) is 24.4. The number of carbonyl (C=O) groups excluding carboxylic acids is 1. The van der Waals surface area contributed by atoms with Crippen molar-refractivity contribution in [1.29, 1.82) is 0 Å². The predicted octanol–water partition coefficient (Wildman–Crippen LogP) is 4.86. The van der Waals surface area contributed by atoms with E-state index in [1.54, 1.807) is 0 Å². The maximum absolute atomic E-state index is 12.6. The Kier molecular flexibility index (Phi) is 8.71. The van der Waals surface area contributed by atoms with Crippen LogP contribution in [-0.4, -0.2) is 47.2 Å². The van der Waals surface area contributed by atoms with Gasteiger partial charge in [-0.25, -0.2) is 0 Å². The molecule has 0 bridgehead atoms. The molecule has 1 fully saturated rings. The lowest BCUT2D eigenvalue weighted by Gasteiger charge is -2.30. The molecule has 0 atom stereocenters. The van der Waals surface area contributed by atoms with Crippen molar-refractivity contribution in [2.24, 2.45) is 5.92 Å². The maximum atomic E-state index is 12.6. The Morgan fingerprint density at radius 3 is 2.82 bits per heavy atom. The predicted molar refractivity (Wildman–Crippen MR) is 134 cm³/mol. The second-order valence-electron chi connectivity index (χ2n) is 8.51. The number of nitrogens with one attached hydrogen (secondary N) is 1. The third-order valence-electron chi connectivity index (χ3n) is 6.06. The summed E-state index contributed by atoms with van der Waals surface area (Å²) in [6.45, 7) is 5.62. The van der Waals surface area contributed by atoms with Crippen molar-refractivity contribution < 1.29 is 14.1 Å². The molecule has 1 N–H and O–H groups in total. The van der Waals surface area contributed by atoms with E-state index in [1.807, 2.05) is 49.4 Å². The van der Waals surface area contributed by atoms with Gasteiger partial charge in [-0.2, -0.15) is 4.98 Å². The number of rotatable bonds is 10. The second-order valence-corrected chi connectivity index (χ2v) is 9.42. The van der Waals surface area contributed by atoms with E-state index in [4.69, 9.17) is 9.26 Å². The highest BCUT2D eigenvalue weighted by Gasteiger charge is 2.25. The van der Waals surface area contributed by atoms with Gasteiger partial charge in [-0.1, -0.05) is 51.4 Å². The smallest absolute Gasteiger partial charge is 0.241 e. The summed E-state index contributed by atoms with van der Waals surface area (Å²) in [5, 5.41) is 7.23. The molecule has 0 radical (unpaired) electrons. The first-order chi connectivity index (χ1) is 16.6. The third-order valence-corrected chi connectivity index (χ3v) is 6.56. The summed E-state index contributed by atoms with van der Waals surface area (Å²) in [5.41, 5.74) is 2.11. The van der Waals surface area contributed by atoms with Crippen molar-refractivity contribution in [1.82, 2.24) is 20.4 Å². The molecule has 0 spiro atoms. The van der Waals surface area contributed by atoms with E-state index in [2.05, 4.69) is 42.4 Å². The highest BCUT2D eigenvalue weighted by molar-refractivity contribution is 9.10. The molecule has 1 amide bonds. The summed E-state index contributed by atoms with van der Waals surface area (Å²) in [6.07, 6.45) is 3.46. The largest absolute Gasteiger partial charge is 0.494 e. The Morgan fingerprint density at radius 2 is 2.03 bits per heavy atom. The molecule has 34 heavy (non-hydrogen) atoms. The number of amides is 1. The van der Waals surface area contributed by atoms with Crippen LogP contribution in [0.3, 0.4) is 0 Å². The number of halogens is 1. The van der Waals surface area contributed by atoms with Crippen molar-refractivity contribution in [3.05, 3.63) is 64.5 Å². The SMILES string of the molecule is CCOc1ccccc1CCCNC(=O)C1CCN(Cc2nc(-c3cccc(Br)c3)no2)CC1. The number of para-hydroxylation sites is 1. The number of ether oxygens (including phenoxy) is 1. The number of hydrogen-bond donors (Lipinski definition) is 1. The van der Waals surface area contributed by atoms with Crippen LogP contribution in [0, 0.1) is 5.92 Å². The molecule has 3 aromatic rings. The van der Waals surface area contributed by atoms with Gasteiger partial charge in [-0.05, 0) is 69.5 Å². The van der Waals surface area contributed by atoms with E-state index in [1.165, 1.54) is 5.56 Å². The third kappa shape index (κ3) is 6.67. The Morgan fingerprint density at radius 1 is 1.21 bits per heavy atom. The topological polar surface area (TPSA) is 80.5 Å². The minimum absolute atomic E-state index is 0.0619. The van der Waals surface area contributed by atoms with E-state index in [0.717, 1.165) is 54.6 Å². The van der Waals surface area contributed by atoms with Crippen molar-refractivity contribution in [2.75, 3.05) is 26.2 Å². The van der Waals surface area contributed by atoms with Crippen molar-refractivity contribution >= 4 is 21.8 Å². The number of hydrogen-bond acceptors (Lipinski definition) is 6. The van der Waals surface area contributed by atoms with Gasteiger partial charge in [0.05, 0.1) is 13.2 Å². The first-order valence-corrected chi connectivity index (χ1v) is 12.7. The molecule has 2 aromatic carbocycles. The first-order valence-electron chi connectivity index (χ1n) is 11.9. The number of carbonyl (C=O) groups is 1. The van der Waals surface area contributed by atoms with Gasteiger partial charge in [-0.3, -0.25) is 9.69 Å². The summed E-state index contributed by atoms with van der Waals surface area (Å²) in [6, 6.07) is 16.0. The van der Waals surface area contributed by atoms with Crippen LogP contribution in [-0.2, 0) is 17.8 Å². The molecule has 1 aliphatic rings. The summed E-state index contributed by atoms with van der Waals surface area (Å²) >= 11 is 3.47. The zero-order chi connectivity index (χ0) is 23.8. The minimum atomic E-state index is 0.0619. The van der Waals surface area contributed by atoms with Crippen LogP contribution in [0.1, 0.15) is 37.6 Å². The highest BCUT2D eigenvalue weighted by Crippen LogP contribution is 2.23. The van der Waals surface area contributed by atoms with E-state index < -0.39 is 0 Å². The Hall–Kier alpha value is -2.71. The fourth-order valence-electron chi connectivity index (χ4n) is 4.25. The van der Waals surface area contributed by atoms with Gasteiger partial charge < -0.3 is 14.6 Å². The van der Waals surface area contributed by atoms with Crippen LogP contribution < -0.4 is 10.1 Å². The van der Waals surface area contributed by atoms with E-state index >= 15 is 0 Å². The Labute approximate surface area is 209 Å². The van der Waals surface area contributed by atoms with Crippen LogP contribution in [0.15, 0.2) is 57.5 Å². The molecule has 7 nitrogen and oxygen atoms in total. The number of benzene rings is 2. The molecule has 1 aliphatic heterocycles. The zero-order valence-corrected chi connectivity index (χ0v) is 21.1. The quantitative estimate of drug-likeness (QED) is 0.380. The minimum Gasteiger partial charge on any atom is -0.494 e. The number of aromatic nitrogens is 2. The highest BCUT2D eigenvalue weighted by atomic mass is 79.9. The summed E-state index contributed by atoms with van der Waals surface area (Å²) in [5.74, 6) is 2.35. The summed E-state index contributed by atoms with van der Waals surface area (Å²) in [4.78, 5) is 19.4. The molecule has 0 unspecified atom stereocenters. The lowest BCUT2D eigenvalue weighted by Crippen LogP contribution is -2.40. The second kappa shape index (κ2) is 12.1. The molecule has 0 aliphatic carbocycles. The summed E-state index contributed by atoms with van der Waals surface area (Å²) < 4.78 is 12.1. The molecule has 2 heterocycles. The normalized spacial score (nSPS) is 14.8. The van der Waals surface area contributed by atoms with Gasteiger partial charge >= 0.3 is 0 Å². The summed E-state index contributed by atoms with van der Waals surface area (Å²) in [7, 11) is 0. The molecular weight excluding hydrogens is 496 g/mol. The van der Waals surface area contributed by atoms with Gasteiger partial charge in [0.15, 0.2) is 0 Å². The van der Waals surface area contributed by atoms with Crippen molar-refractivity contribution in [3.8, 4) is 17.1 Å². The average molecular weight is 527 g/mol. The number of piperidine rings is 1. The molecular formula is C26H31BrN4O3. The fourth-order valence-corrected chi connectivity index (χ4v) is 4.65. The Bertz CT molecular complexity index is 1080. The molecule has 4 rings (SSSR count). The van der Waals surface area contributed by atoms with Gasteiger partial charge in [0.1, 0.15) is 5.75 Å². The van der Waals surface area contributed by atoms with Gasteiger partial charge in [0, 0.05) is 22.5 Å². The van der Waals surface area contributed by atoms with Gasteiger partial charge in [0.2, 0.25) is 17.6 Å². The molecule has 0 saturated carbocycles. The Balaban J connectivity index is 1.17.